The maximum atomic E-state index is 11.2. The number of halogens is 2. The molecule has 16 heavy (non-hydrogen) atoms. The average Bonchev–Trinajstić information content (AvgIpc) is 2.58. The number of thiazole rings is 1. The highest BCUT2D eigenvalue weighted by Crippen LogP contribution is 2.31. The summed E-state index contributed by atoms with van der Waals surface area (Å²) < 4.78 is 0.992. The molecule has 3 nitrogen and oxygen atoms in total. The van der Waals surface area contributed by atoms with Gasteiger partial charge in [-0.25, -0.2) is 4.98 Å². The lowest BCUT2D eigenvalue weighted by atomic mass is 10.3. The van der Waals surface area contributed by atoms with Crippen molar-refractivity contribution >= 4 is 56.3 Å². The fourth-order valence-corrected chi connectivity index (χ4v) is 2.46. The van der Waals surface area contributed by atoms with Crippen molar-refractivity contribution in [1.29, 1.82) is 0 Å². The van der Waals surface area contributed by atoms with Gasteiger partial charge in [-0.15, -0.1) is 22.9 Å². The minimum absolute atomic E-state index is 0.0872. The van der Waals surface area contributed by atoms with Crippen molar-refractivity contribution in [3.05, 3.63) is 22.2 Å². The number of rotatable bonds is 2. The molecule has 0 saturated carbocycles. The summed E-state index contributed by atoms with van der Waals surface area (Å²) in [6.07, 6.45) is 0. The Kier molecular flexibility index (Phi) is 3.33. The minimum atomic E-state index is -0.274. The number of benzene rings is 1. The number of carbonyl (C=O) groups excluding carboxylic acids is 1. The first-order chi connectivity index (χ1) is 7.60. The zero-order valence-corrected chi connectivity index (χ0v) is 10.7. The van der Waals surface area contributed by atoms with Gasteiger partial charge in [-0.2, -0.15) is 0 Å². The largest absolute Gasteiger partial charge is 0.324 e. The normalized spacial score (nSPS) is 10.7. The van der Waals surface area contributed by atoms with Gasteiger partial charge in [-0.3, -0.25) is 4.79 Å². The number of anilines is 1. The Balaban J connectivity index is 2.45. The molecule has 0 aliphatic rings. The number of amides is 1. The van der Waals surface area contributed by atoms with Crippen LogP contribution in [-0.2, 0) is 4.79 Å². The number of nitrogens with one attached hydrogen (secondary N) is 1. The van der Waals surface area contributed by atoms with E-state index in [-0.39, 0.29) is 11.8 Å². The standard InChI is InChI=1S/C10H8Cl2N2OS/c1-5-13-8-2-6(12)7(3-9(8)16-5)14-10(15)4-11/h2-3H,4H2,1H3,(H,14,15). The molecule has 1 amide bonds. The summed E-state index contributed by atoms with van der Waals surface area (Å²) in [6.45, 7) is 1.93. The second-order valence-electron chi connectivity index (χ2n) is 3.21. The summed E-state index contributed by atoms with van der Waals surface area (Å²) in [5, 5.41) is 4.07. The van der Waals surface area contributed by atoms with E-state index in [1.807, 2.05) is 13.0 Å². The quantitative estimate of drug-likeness (QED) is 0.853. The minimum Gasteiger partial charge on any atom is -0.324 e. The van der Waals surface area contributed by atoms with E-state index in [0.717, 1.165) is 15.2 Å². The van der Waals surface area contributed by atoms with Crippen LogP contribution in [0.3, 0.4) is 0 Å². The monoisotopic (exact) mass is 274 g/mol. The number of fused-ring (bicyclic) bond motifs is 1. The van der Waals surface area contributed by atoms with E-state index >= 15 is 0 Å². The highest BCUT2D eigenvalue weighted by molar-refractivity contribution is 7.18. The highest BCUT2D eigenvalue weighted by atomic mass is 35.5. The van der Waals surface area contributed by atoms with Crippen molar-refractivity contribution in [2.24, 2.45) is 0 Å². The van der Waals surface area contributed by atoms with Crippen molar-refractivity contribution in [2.75, 3.05) is 11.2 Å². The van der Waals surface area contributed by atoms with E-state index in [2.05, 4.69) is 10.3 Å². The summed E-state index contributed by atoms with van der Waals surface area (Å²) in [6, 6.07) is 3.55. The van der Waals surface area contributed by atoms with Crippen LogP contribution in [0, 0.1) is 6.92 Å². The van der Waals surface area contributed by atoms with Gasteiger partial charge in [-0.05, 0) is 19.1 Å². The second-order valence-corrected chi connectivity index (χ2v) is 5.12. The summed E-state index contributed by atoms with van der Waals surface area (Å²) in [5.41, 5.74) is 1.42. The lowest BCUT2D eigenvalue weighted by Gasteiger charge is -2.04. The number of hydrogen-bond acceptors (Lipinski definition) is 3. The molecule has 0 atom stereocenters. The highest BCUT2D eigenvalue weighted by Gasteiger charge is 2.09. The first-order valence-corrected chi connectivity index (χ1v) is 6.25. The average molecular weight is 275 g/mol. The Hall–Kier alpha value is -0.840. The van der Waals surface area contributed by atoms with E-state index in [1.165, 1.54) is 0 Å². The van der Waals surface area contributed by atoms with E-state index in [0.29, 0.717) is 10.7 Å². The molecule has 0 saturated heterocycles. The molecule has 6 heteroatoms. The third kappa shape index (κ3) is 2.29. The molecule has 84 valence electrons. The van der Waals surface area contributed by atoms with Gasteiger partial charge in [0, 0.05) is 0 Å². The molecule has 2 aromatic rings. The molecule has 0 fully saturated rings. The van der Waals surface area contributed by atoms with Gasteiger partial charge >= 0.3 is 0 Å². The van der Waals surface area contributed by atoms with Crippen LogP contribution in [-0.4, -0.2) is 16.8 Å². The number of aryl methyl sites for hydroxylation is 1. The Morgan fingerprint density at radius 1 is 1.56 bits per heavy atom. The van der Waals surface area contributed by atoms with Gasteiger partial charge in [0.2, 0.25) is 5.91 Å². The smallest absolute Gasteiger partial charge is 0.239 e. The third-order valence-corrected chi connectivity index (χ3v) is 3.47. The van der Waals surface area contributed by atoms with Crippen molar-refractivity contribution in [2.45, 2.75) is 6.92 Å². The molecular formula is C10H8Cl2N2OS. The molecular weight excluding hydrogens is 267 g/mol. The van der Waals surface area contributed by atoms with E-state index < -0.39 is 0 Å². The first-order valence-electron chi connectivity index (χ1n) is 4.52. The molecule has 1 aromatic heterocycles. The topological polar surface area (TPSA) is 42.0 Å². The molecule has 0 bridgehead atoms. The summed E-state index contributed by atoms with van der Waals surface area (Å²) in [7, 11) is 0. The number of nitrogens with zero attached hydrogens (tertiary/aromatic N) is 1. The lowest BCUT2D eigenvalue weighted by molar-refractivity contribution is -0.113. The first kappa shape index (κ1) is 11.6. The number of alkyl halides is 1. The molecule has 1 N–H and O–H groups in total. The van der Waals surface area contributed by atoms with Crippen molar-refractivity contribution in [3.63, 3.8) is 0 Å². The van der Waals surface area contributed by atoms with E-state index in [1.54, 1.807) is 17.4 Å². The van der Waals surface area contributed by atoms with Gasteiger partial charge < -0.3 is 5.32 Å². The predicted octanol–water partition coefficient (Wildman–Crippen LogP) is 3.44. The molecule has 2 rings (SSSR count). The van der Waals surface area contributed by atoms with Crippen LogP contribution in [0.4, 0.5) is 5.69 Å². The van der Waals surface area contributed by atoms with Crippen LogP contribution < -0.4 is 5.32 Å². The van der Waals surface area contributed by atoms with Gasteiger partial charge in [0.15, 0.2) is 0 Å². The third-order valence-electron chi connectivity index (χ3n) is 1.98. The maximum absolute atomic E-state index is 11.2. The molecule has 0 spiro atoms. The van der Waals surface area contributed by atoms with Crippen LogP contribution in [0.2, 0.25) is 5.02 Å². The summed E-state index contributed by atoms with van der Waals surface area (Å²) >= 11 is 13.0. The van der Waals surface area contributed by atoms with E-state index in [9.17, 15) is 4.79 Å². The van der Waals surface area contributed by atoms with Crippen LogP contribution in [0.15, 0.2) is 12.1 Å². The van der Waals surface area contributed by atoms with Gasteiger partial charge in [0.05, 0.1) is 25.9 Å². The van der Waals surface area contributed by atoms with Crippen molar-refractivity contribution in [3.8, 4) is 0 Å². The Labute approximate surface area is 106 Å². The molecule has 0 aliphatic carbocycles. The molecule has 0 unspecified atom stereocenters. The number of hydrogen-bond donors (Lipinski definition) is 1. The maximum Gasteiger partial charge on any atom is 0.239 e. The zero-order valence-electron chi connectivity index (χ0n) is 8.38. The van der Waals surface area contributed by atoms with Gasteiger partial charge in [0.25, 0.3) is 0 Å². The van der Waals surface area contributed by atoms with Crippen molar-refractivity contribution in [1.82, 2.24) is 4.98 Å². The Bertz CT molecular complexity index is 553. The summed E-state index contributed by atoms with van der Waals surface area (Å²) in [4.78, 5) is 15.5. The fourth-order valence-electron chi connectivity index (χ4n) is 1.34. The predicted molar refractivity (Wildman–Crippen MR) is 68.7 cm³/mol. The molecule has 1 heterocycles. The Morgan fingerprint density at radius 3 is 3.00 bits per heavy atom. The molecule has 0 radical (unpaired) electrons. The number of carbonyl (C=O) groups is 1. The van der Waals surface area contributed by atoms with Gasteiger partial charge in [-0.1, -0.05) is 11.6 Å². The molecule has 1 aromatic carbocycles. The van der Waals surface area contributed by atoms with Crippen LogP contribution in [0.25, 0.3) is 10.2 Å². The van der Waals surface area contributed by atoms with Crippen LogP contribution in [0.5, 0.6) is 0 Å². The number of aromatic nitrogens is 1. The second kappa shape index (κ2) is 4.57. The van der Waals surface area contributed by atoms with Crippen molar-refractivity contribution < 1.29 is 4.79 Å². The zero-order chi connectivity index (χ0) is 11.7. The van der Waals surface area contributed by atoms with Crippen LogP contribution in [0.1, 0.15) is 5.01 Å². The Morgan fingerprint density at radius 2 is 2.31 bits per heavy atom. The molecule has 0 aliphatic heterocycles. The van der Waals surface area contributed by atoms with E-state index in [4.69, 9.17) is 23.2 Å². The van der Waals surface area contributed by atoms with Crippen LogP contribution >= 0.6 is 34.5 Å². The lowest BCUT2D eigenvalue weighted by Crippen LogP contribution is -2.12. The SMILES string of the molecule is Cc1nc2cc(Cl)c(NC(=O)CCl)cc2s1. The fraction of sp³-hybridized carbons (Fsp3) is 0.200. The van der Waals surface area contributed by atoms with Gasteiger partial charge in [0.1, 0.15) is 5.88 Å². The summed E-state index contributed by atoms with van der Waals surface area (Å²) in [5.74, 6) is -0.361.